The van der Waals surface area contributed by atoms with E-state index in [0.29, 0.717) is 43.7 Å². The Labute approximate surface area is 137 Å². The van der Waals surface area contributed by atoms with Gasteiger partial charge in [-0.05, 0) is 42.2 Å². The number of rotatable bonds is 1. The van der Waals surface area contributed by atoms with Crippen molar-refractivity contribution in [1.29, 1.82) is 0 Å². The number of H-pyrrole nitrogens is 1. The molecule has 0 aliphatic carbocycles. The number of nitrogens with zero attached hydrogens (tertiary/aromatic N) is 4. The third-order valence-corrected chi connectivity index (χ3v) is 4.76. The second-order valence-corrected chi connectivity index (χ2v) is 6.18. The molecule has 0 spiro atoms. The maximum absolute atomic E-state index is 12.8. The van der Waals surface area contributed by atoms with Gasteiger partial charge in [-0.2, -0.15) is 0 Å². The minimum absolute atomic E-state index is 0.0212. The highest BCUT2D eigenvalue weighted by Gasteiger charge is 2.29. The van der Waals surface area contributed by atoms with E-state index in [2.05, 4.69) is 15.4 Å². The van der Waals surface area contributed by atoms with Gasteiger partial charge in [0.1, 0.15) is 5.52 Å². The topological polar surface area (TPSA) is 102 Å². The summed E-state index contributed by atoms with van der Waals surface area (Å²) >= 11 is 0. The van der Waals surface area contributed by atoms with Crippen LogP contribution in [0.15, 0.2) is 29.3 Å². The minimum Gasteiger partial charge on any atom is -0.465 e. The molecule has 2 aliphatic heterocycles. The third kappa shape index (κ3) is 2.49. The average molecular weight is 327 g/mol. The predicted octanol–water partition coefficient (Wildman–Crippen LogP) is 1.48. The van der Waals surface area contributed by atoms with Crippen LogP contribution < -0.4 is 0 Å². The van der Waals surface area contributed by atoms with E-state index in [9.17, 15) is 9.59 Å². The Morgan fingerprint density at radius 1 is 1.08 bits per heavy atom. The zero-order valence-corrected chi connectivity index (χ0v) is 13.0. The van der Waals surface area contributed by atoms with Crippen LogP contribution in [0.1, 0.15) is 23.2 Å². The van der Waals surface area contributed by atoms with Crippen molar-refractivity contribution in [3.8, 4) is 0 Å². The van der Waals surface area contributed by atoms with E-state index in [1.807, 2.05) is 11.0 Å². The monoisotopic (exact) mass is 327 g/mol. The van der Waals surface area contributed by atoms with Gasteiger partial charge in [-0.1, -0.05) is 5.21 Å². The number of benzene rings is 1. The SMILES string of the molecule is O=C(O)N1CCC2=C(CCN(C(=O)c3ccc4[nH]nnc4c3)C2)C1. The number of carbonyl (C=O) groups is 2. The predicted molar refractivity (Wildman–Crippen MR) is 85.7 cm³/mol. The molecule has 8 nitrogen and oxygen atoms in total. The Hall–Kier alpha value is -2.90. The highest BCUT2D eigenvalue weighted by Crippen LogP contribution is 2.27. The first-order valence-corrected chi connectivity index (χ1v) is 7.89. The molecule has 0 radical (unpaired) electrons. The van der Waals surface area contributed by atoms with Crippen molar-refractivity contribution in [2.75, 3.05) is 26.2 Å². The number of carboxylic acid groups (broad SMARTS) is 1. The molecule has 1 aromatic heterocycles. The fraction of sp³-hybridized carbons (Fsp3) is 0.375. The molecule has 1 aromatic carbocycles. The standard InChI is InChI=1S/C16H17N5O3/c22-15(10-1-2-13-14(7-10)18-19-17-13)20-5-3-12-9-21(16(23)24)6-4-11(12)8-20/h1-2,7H,3-6,8-9H2,(H,23,24)(H,17,18,19). The third-order valence-electron chi connectivity index (χ3n) is 4.76. The number of amides is 2. The van der Waals surface area contributed by atoms with Crippen LogP contribution in [0.5, 0.6) is 0 Å². The number of hydrogen-bond donors (Lipinski definition) is 2. The molecule has 0 unspecified atom stereocenters. The zero-order valence-electron chi connectivity index (χ0n) is 13.0. The molecule has 2 N–H and O–H groups in total. The number of fused-ring (bicyclic) bond motifs is 1. The largest absolute Gasteiger partial charge is 0.465 e. The van der Waals surface area contributed by atoms with Crippen LogP contribution in [0, 0.1) is 0 Å². The number of aromatic nitrogens is 3. The van der Waals surface area contributed by atoms with Gasteiger partial charge in [-0.3, -0.25) is 9.89 Å². The van der Waals surface area contributed by atoms with Gasteiger partial charge < -0.3 is 14.9 Å². The molecule has 2 aromatic rings. The van der Waals surface area contributed by atoms with Gasteiger partial charge in [0.25, 0.3) is 5.91 Å². The second kappa shape index (κ2) is 5.63. The minimum atomic E-state index is -0.874. The Morgan fingerprint density at radius 2 is 1.79 bits per heavy atom. The lowest BCUT2D eigenvalue weighted by atomic mass is 9.93. The van der Waals surface area contributed by atoms with Gasteiger partial charge in [0.2, 0.25) is 0 Å². The summed E-state index contributed by atoms with van der Waals surface area (Å²) in [6.45, 7) is 2.17. The molecule has 3 heterocycles. The summed E-state index contributed by atoms with van der Waals surface area (Å²) in [4.78, 5) is 27.1. The molecule has 4 rings (SSSR count). The van der Waals surface area contributed by atoms with E-state index in [1.54, 1.807) is 12.1 Å². The Kier molecular flexibility index (Phi) is 3.44. The quantitative estimate of drug-likeness (QED) is 0.773. The number of nitrogens with one attached hydrogen (secondary N) is 1. The van der Waals surface area contributed by atoms with Crippen LogP contribution in [-0.4, -0.2) is 68.5 Å². The highest BCUT2D eigenvalue weighted by molar-refractivity contribution is 5.97. The fourth-order valence-electron chi connectivity index (χ4n) is 3.39. The molecular formula is C16H17N5O3. The summed E-state index contributed by atoms with van der Waals surface area (Å²) in [6, 6.07) is 5.34. The Morgan fingerprint density at radius 3 is 2.54 bits per heavy atom. The van der Waals surface area contributed by atoms with Crippen LogP contribution in [0.3, 0.4) is 0 Å². The van der Waals surface area contributed by atoms with Crippen molar-refractivity contribution in [3.63, 3.8) is 0 Å². The van der Waals surface area contributed by atoms with Crippen LogP contribution in [0.4, 0.5) is 4.79 Å². The van der Waals surface area contributed by atoms with Crippen molar-refractivity contribution in [3.05, 3.63) is 34.9 Å². The van der Waals surface area contributed by atoms with Crippen molar-refractivity contribution in [2.45, 2.75) is 12.8 Å². The molecule has 124 valence electrons. The molecule has 0 fully saturated rings. The molecule has 0 atom stereocenters. The molecule has 8 heteroatoms. The molecule has 2 aliphatic rings. The number of hydrogen-bond acceptors (Lipinski definition) is 4. The van der Waals surface area contributed by atoms with Gasteiger partial charge in [0, 0.05) is 31.7 Å². The zero-order chi connectivity index (χ0) is 16.7. The second-order valence-electron chi connectivity index (χ2n) is 6.18. The smallest absolute Gasteiger partial charge is 0.407 e. The molecule has 24 heavy (non-hydrogen) atoms. The van der Waals surface area contributed by atoms with Crippen LogP contribution in [-0.2, 0) is 0 Å². The molecule has 0 bridgehead atoms. The molecule has 0 saturated carbocycles. The van der Waals surface area contributed by atoms with Crippen molar-refractivity contribution >= 4 is 23.0 Å². The summed E-state index contributed by atoms with van der Waals surface area (Å²) in [7, 11) is 0. The molecule has 0 saturated heterocycles. The van der Waals surface area contributed by atoms with Gasteiger partial charge in [0.05, 0.1) is 5.52 Å². The first-order valence-electron chi connectivity index (χ1n) is 7.89. The highest BCUT2D eigenvalue weighted by atomic mass is 16.4. The van der Waals surface area contributed by atoms with E-state index in [0.717, 1.165) is 11.9 Å². The van der Waals surface area contributed by atoms with Crippen LogP contribution in [0.25, 0.3) is 11.0 Å². The summed E-state index contributed by atoms with van der Waals surface area (Å²) in [5.74, 6) is -0.0212. The van der Waals surface area contributed by atoms with Gasteiger partial charge in [-0.25, -0.2) is 4.79 Å². The normalized spacial score (nSPS) is 18.0. The summed E-state index contributed by atoms with van der Waals surface area (Å²) in [6.07, 6.45) is 0.561. The van der Waals surface area contributed by atoms with E-state index in [4.69, 9.17) is 5.11 Å². The Bertz CT molecular complexity index is 856. The van der Waals surface area contributed by atoms with E-state index in [-0.39, 0.29) is 5.91 Å². The first kappa shape index (κ1) is 14.7. The first-order chi connectivity index (χ1) is 11.6. The summed E-state index contributed by atoms with van der Waals surface area (Å²) < 4.78 is 0. The van der Waals surface area contributed by atoms with Crippen LogP contribution in [0.2, 0.25) is 0 Å². The lowest BCUT2D eigenvalue weighted by Gasteiger charge is -2.36. The average Bonchev–Trinajstić information content (AvgIpc) is 3.07. The number of carbonyl (C=O) groups excluding carboxylic acids is 1. The molecule has 2 amide bonds. The van der Waals surface area contributed by atoms with Gasteiger partial charge in [0.15, 0.2) is 0 Å². The lowest BCUT2D eigenvalue weighted by Crippen LogP contribution is -2.43. The fourth-order valence-corrected chi connectivity index (χ4v) is 3.39. The van der Waals surface area contributed by atoms with E-state index >= 15 is 0 Å². The van der Waals surface area contributed by atoms with Gasteiger partial charge >= 0.3 is 6.09 Å². The van der Waals surface area contributed by atoms with Crippen molar-refractivity contribution in [1.82, 2.24) is 25.2 Å². The molecular weight excluding hydrogens is 310 g/mol. The van der Waals surface area contributed by atoms with E-state index < -0.39 is 6.09 Å². The van der Waals surface area contributed by atoms with E-state index in [1.165, 1.54) is 16.0 Å². The summed E-state index contributed by atoms with van der Waals surface area (Å²) in [5, 5.41) is 19.6. The summed E-state index contributed by atoms with van der Waals surface area (Å²) in [5.41, 5.74) is 4.45. The maximum Gasteiger partial charge on any atom is 0.407 e. The lowest BCUT2D eigenvalue weighted by molar-refractivity contribution is 0.0753. The van der Waals surface area contributed by atoms with Crippen LogP contribution >= 0.6 is 0 Å². The van der Waals surface area contributed by atoms with Crippen molar-refractivity contribution < 1.29 is 14.7 Å². The Balaban J connectivity index is 1.52. The van der Waals surface area contributed by atoms with Crippen molar-refractivity contribution in [2.24, 2.45) is 0 Å². The maximum atomic E-state index is 12.8. The number of aromatic amines is 1. The van der Waals surface area contributed by atoms with Gasteiger partial charge in [-0.15, -0.1) is 5.10 Å².